The Labute approximate surface area is 131 Å². The summed E-state index contributed by atoms with van der Waals surface area (Å²) in [7, 11) is 0. The summed E-state index contributed by atoms with van der Waals surface area (Å²) in [5.41, 5.74) is 6.84. The average molecular weight is 303 g/mol. The van der Waals surface area contributed by atoms with Crippen LogP contribution < -0.4 is 11.1 Å². The zero-order chi connectivity index (χ0) is 16.1. The van der Waals surface area contributed by atoms with E-state index in [1.165, 1.54) is 0 Å². The number of aromatic nitrogens is 2. The molecule has 0 bridgehead atoms. The van der Waals surface area contributed by atoms with Gasteiger partial charge in [-0.3, -0.25) is 10.5 Å². The van der Waals surface area contributed by atoms with Crippen molar-refractivity contribution in [2.45, 2.75) is 39.3 Å². The molecule has 1 fully saturated rings. The number of aromatic amines is 1. The van der Waals surface area contributed by atoms with Crippen LogP contribution in [0.15, 0.2) is 17.1 Å². The Kier molecular flexibility index (Phi) is 5.32. The lowest BCUT2D eigenvalue weighted by atomic mass is 10.1. The van der Waals surface area contributed by atoms with Crippen molar-refractivity contribution in [3.8, 4) is 0 Å². The third-order valence-electron chi connectivity index (χ3n) is 3.48. The lowest BCUT2D eigenvalue weighted by Crippen LogP contribution is -2.56. The van der Waals surface area contributed by atoms with Crippen LogP contribution in [0.1, 0.15) is 32.9 Å². The Morgan fingerprint density at radius 2 is 2.18 bits per heavy atom. The highest BCUT2D eigenvalue weighted by Gasteiger charge is 2.23. The normalized spacial score (nSPS) is 23.2. The van der Waals surface area contributed by atoms with Gasteiger partial charge in [-0.1, -0.05) is 6.08 Å². The number of aliphatic imine (C=N–C) groups is 1. The highest BCUT2D eigenvalue weighted by atomic mass is 15.2. The number of piperazine rings is 1. The maximum Gasteiger partial charge on any atom is 0.175 e. The Morgan fingerprint density at radius 3 is 2.82 bits per heavy atom. The second kappa shape index (κ2) is 7.22. The lowest BCUT2D eigenvalue weighted by molar-refractivity contribution is 0.252. The first-order valence-corrected chi connectivity index (χ1v) is 7.57. The standard InChI is InChI=1S/C15H25N7/c1-4-5-12-6-15(21-20-12)19-13(16)7-14(17)22-8-10(2)18-11(3)9-22/h4-6,10-11,17-18H,7-9H2,1-3H3,(H3,16,19,20,21)/b5-4+,17-14?. The van der Waals surface area contributed by atoms with Gasteiger partial charge in [-0.25, -0.2) is 4.99 Å². The van der Waals surface area contributed by atoms with Gasteiger partial charge in [0, 0.05) is 31.2 Å². The molecule has 1 aliphatic rings. The SMILES string of the molecule is C/C=C/c1cc(N=C(N)CC(=N)N2CC(C)NC(C)C2)n[nH]1. The summed E-state index contributed by atoms with van der Waals surface area (Å²) in [6.45, 7) is 7.84. The van der Waals surface area contributed by atoms with Crippen LogP contribution in [0.4, 0.5) is 5.82 Å². The number of hydrogen-bond acceptors (Lipinski definition) is 4. The summed E-state index contributed by atoms with van der Waals surface area (Å²) in [5.74, 6) is 1.45. The Morgan fingerprint density at radius 1 is 1.50 bits per heavy atom. The van der Waals surface area contributed by atoms with Crippen molar-refractivity contribution < 1.29 is 0 Å². The van der Waals surface area contributed by atoms with Crippen molar-refractivity contribution in [2.24, 2.45) is 10.7 Å². The third-order valence-corrected chi connectivity index (χ3v) is 3.48. The first-order chi connectivity index (χ1) is 10.5. The highest BCUT2D eigenvalue weighted by molar-refractivity contribution is 6.01. The minimum Gasteiger partial charge on any atom is -0.387 e. The Hall–Kier alpha value is -2.15. The van der Waals surface area contributed by atoms with Crippen LogP contribution in [0.3, 0.4) is 0 Å². The smallest absolute Gasteiger partial charge is 0.175 e. The minimum absolute atomic E-state index is 0.339. The van der Waals surface area contributed by atoms with Crippen molar-refractivity contribution in [2.75, 3.05) is 13.1 Å². The molecule has 7 nitrogen and oxygen atoms in total. The van der Waals surface area contributed by atoms with Crippen LogP contribution in [0.2, 0.25) is 0 Å². The number of nitrogens with zero attached hydrogens (tertiary/aromatic N) is 3. The molecule has 1 aliphatic heterocycles. The minimum atomic E-state index is 0.339. The molecule has 0 spiro atoms. The van der Waals surface area contributed by atoms with Crippen molar-refractivity contribution >= 4 is 23.6 Å². The third kappa shape index (κ3) is 4.42. The molecule has 0 saturated carbocycles. The lowest BCUT2D eigenvalue weighted by Gasteiger charge is -2.37. The molecule has 1 aromatic heterocycles. The Bertz CT molecular complexity index is 562. The van der Waals surface area contributed by atoms with E-state index in [1.807, 2.05) is 25.1 Å². The van der Waals surface area contributed by atoms with E-state index in [0.29, 0.717) is 36.0 Å². The summed E-state index contributed by atoms with van der Waals surface area (Å²) >= 11 is 0. The van der Waals surface area contributed by atoms with Gasteiger partial charge in [0.15, 0.2) is 5.82 Å². The van der Waals surface area contributed by atoms with Crippen LogP contribution >= 0.6 is 0 Å². The first kappa shape index (κ1) is 16.2. The van der Waals surface area contributed by atoms with Gasteiger partial charge in [0.1, 0.15) is 11.7 Å². The molecular formula is C15H25N7. The predicted octanol–water partition coefficient (Wildman–Crippen LogP) is 1.48. The molecule has 1 saturated heterocycles. The van der Waals surface area contributed by atoms with E-state index in [1.54, 1.807) is 0 Å². The second-order valence-corrected chi connectivity index (χ2v) is 5.78. The number of hydrogen-bond donors (Lipinski definition) is 4. The van der Waals surface area contributed by atoms with Crippen LogP contribution in [0.25, 0.3) is 6.08 Å². The van der Waals surface area contributed by atoms with Gasteiger partial charge in [-0.2, -0.15) is 5.10 Å². The van der Waals surface area contributed by atoms with E-state index in [0.717, 1.165) is 18.8 Å². The van der Waals surface area contributed by atoms with Crippen LogP contribution in [0, 0.1) is 5.41 Å². The summed E-state index contributed by atoms with van der Waals surface area (Å²) in [4.78, 5) is 6.33. The fourth-order valence-electron chi connectivity index (χ4n) is 2.66. The quantitative estimate of drug-likeness (QED) is 0.499. The molecule has 1 aromatic rings. The molecule has 0 radical (unpaired) electrons. The maximum absolute atomic E-state index is 8.23. The molecule has 22 heavy (non-hydrogen) atoms. The monoisotopic (exact) mass is 303 g/mol. The number of amidine groups is 2. The maximum atomic E-state index is 8.23. The van der Waals surface area contributed by atoms with E-state index in [9.17, 15) is 0 Å². The van der Waals surface area contributed by atoms with Gasteiger partial charge in [-0.15, -0.1) is 0 Å². The molecule has 0 aliphatic carbocycles. The van der Waals surface area contributed by atoms with E-state index >= 15 is 0 Å². The zero-order valence-electron chi connectivity index (χ0n) is 13.4. The summed E-state index contributed by atoms with van der Waals surface area (Å²) in [6.07, 6.45) is 4.17. The van der Waals surface area contributed by atoms with Gasteiger partial charge in [0.05, 0.1) is 12.1 Å². The van der Waals surface area contributed by atoms with Crippen LogP contribution in [0.5, 0.6) is 0 Å². The van der Waals surface area contributed by atoms with E-state index in [2.05, 4.69) is 39.3 Å². The summed E-state index contributed by atoms with van der Waals surface area (Å²) < 4.78 is 0. The molecule has 7 heteroatoms. The van der Waals surface area contributed by atoms with Gasteiger partial charge < -0.3 is 16.0 Å². The topological polar surface area (TPSA) is 106 Å². The fraction of sp³-hybridized carbons (Fsp3) is 0.533. The zero-order valence-corrected chi connectivity index (χ0v) is 13.4. The number of nitrogens with two attached hydrogens (primary N) is 1. The number of rotatable bonds is 4. The fourth-order valence-corrected chi connectivity index (χ4v) is 2.66. The molecular weight excluding hydrogens is 278 g/mol. The van der Waals surface area contributed by atoms with Gasteiger partial charge in [0.25, 0.3) is 0 Å². The van der Waals surface area contributed by atoms with Crippen molar-refractivity contribution in [3.05, 3.63) is 17.8 Å². The predicted molar refractivity (Wildman–Crippen MR) is 90.6 cm³/mol. The van der Waals surface area contributed by atoms with Gasteiger partial charge >= 0.3 is 0 Å². The van der Waals surface area contributed by atoms with Crippen molar-refractivity contribution in [3.63, 3.8) is 0 Å². The molecule has 0 aromatic carbocycles. The van der Waals surface area contributed by atoms with E-state index in [4.69, 9.17) is 11.1 Å². The first-order valence-electron chi connectivity index (χ1n) is 7.57. The molecule has 2 heterocycles. The highest BCUT2D eigenvalue weighted by Crippen LogP contribution is 2.12. The van der Waals surface area contributed by atoms with Crippen LogP contribution in [-0.2, 0) is 0 Å². The van der Waals surface area contributed by atoms with Crippen molar-refractivity contribution in [1.29, 1.82) is 5.41 Å². The number of allylic oxidation sites excluding steroid dienone is 1. The van der Waals surface area contributed by atoms with Gasteiger partial charge in [-0.05, 0) is 26.8 Å². The molecule has 120 valence electrons. The molecule has 2 atom stereocenters. The Balaban J connectivity index is 1.96. The molecule has 5 N–H and O–H groups in total. The van der Waals surface area contributed by atoms with E-state index in [-0.39, 0.29) is 0 Å². The number of H-pyrrole nitrogens is 1. The van der Waals surface area contributed by atoms with E-state index < -0.39 is 0 Å². The van der Waals surface area contributed by atoms with Crippen molar-refractivity contribution in [1.82, 2.24) is 20.4 Å². The molecule has 0 amide bonds. The number of nitrogens with one attached hydrogen (secondary N) is 3. The molecule has 2 unspecified atom stereocenters. The largest absolute Gasteiger partial charge is 0.387 e. The molecule has 2 rings (SSSR count). The average Bonchev–Trinajstić information content (AvgIpc) is 2.85. The second-order valence-electron chi connectivity index (χ2n) is 5.78. The summed E-state index contributed by atoms with van der Waals surface area (Å²) in [6, 6.07) is 2.57. The van der Waals surface area contributed by atoms with Gasteiger partial charge in [0.2, 0.25) is 0 Å². The van der Waals surface area contributed by atoms with Crippen LogP contribution in [-0.4, -0.2) is 51.9 Å². The summed E-state index contributed by atoms with van der Waals surface area (Å²) in [5, 5.41) is 18.6.